The van der Waals surface area contributed by atoms with E-state index in [1.165, 1.54) is 12.1 Å². The third-order valence-corrected chi connectivity index (χ3v) is 6.62. The van der Waals surface area contributed by atoms with E-state index in [1.54, 1.807) is 24.5 Å². The number of carbonyl (C=O) groups is 1. The minimum atomic E-state index is -0.265. The Morgan fingerprint density at radius 2 is 1.75 bits per heavy atom. The third-order valence-electron chi connectivity index (χ3n) is 6.62. The summed E-state index contributed by atoms with van der Waals surface area (Å²) < 4.78 is 13.2. The summed E-state index contributed by atoms with van der Waals surface area (Å²) in [5.41, 5.74) is 1.57. The molecule has 0 radical (unpaired) electrons. The molecule has 1 N–H and O–H groups in total. The standard InChI is InChI=1S/C24H33FN6O/c1-29(2)21-9-7-20(8-10-21)27-24(32)17-30-11-13-31(14-12-30)23-16-26-15-22(28-23)18-3-5-19(25)6-4-18/h3-6,15-16,20-21H,7-14,17H2,1-2H3,(H,27,32). The highest BCUT2D eigenvalue weighted by atomic mass is 19.1. The lowest BCUT2D eigenvalue weighted by Crippen LogP contribution is -2.51. The molecule has 0 bridgehead atoms. The Bertz CT molecular complexity index is 890. The van der Waals surface area contributed by atoms with Gasteiger partial charge in [0.2, 0.25) is 5.91 Å². The fourth-order valence-electron chi connectivity index (χ4n) is 4.62. The number of nitrogens with one attached hydrogen (secondary N) is 1. The Balaban J connectivity index is 1.24. The van der Waals surface area contributed by atoms with Gasteiger partial charge in [-0.05, 0) is 64.0 Å². The number of hydrogen-bond donors (Lipinski definition) is 1. The number of nitrogens with zero attached hydrogens (tertiary/aromatic N) is 5. The average Bonchev–Trinajstić information content (AvgIpc) is 2.80. The Morgan fingerprint density at radius 1 is 1.06 bits per heavy atom. The molecule has 2 fully saturated rings. The van der Waals surface area contributed by atoms with Gasteiger partial charge in [-0.3, -0.25) is 14.7 Å². The van der Waals surface area contributed by atoms with Crippen molar-refractivity contribution in [1.82, 2.24) is 25.1 Å². The normalized spacial score (nSPS) is 22.2. The van der Waals surface area contributed by atoms with Gasteiger partial charge < -0.3 is 15.1 Å². The monoisotopic (exact) mass is 440 g/mol. The van der Waals surface area contributed by atoms with E-state index >= 15 is 0 Å². The Morgan fingerprint density at radius 3 is 2.41 bits per heavy atom. The van der Waals surface area contributed by atoms with Crippen molar-refractivity contribution in [1.29, 1.82) is 0 Å². The maximum absolute atomic E-state index is 13.2. The average molecular weight is 441 g/mol. The van der Waals surface area contributed by atoms with Gasteiger partial charge in [0.1, 0.15) is 11.6 Å². The molecule has 1 aromatic carbocycles. The van der Waals surface area contributed by atoms with Gasteiger partial charge in [0.05, 0.1) is 24.6 Å². The van der Waals surface area contributed by atoms with Gasteiger partial charge in [0.25, 0.3) is 0 Å². The van der Waals surface area contributed by atoms with Crippen LogP contribution in [0.1, 0.15) is 25.7 Å². The number of benzene rings is 1. The highest BCUT2D eigenvalue weighted by Gasteiger charge is 2.25. The number of rotatable bonds is 6. The topological polar surface area (TPSA) is 64.6 Å². The number of hydrogen-bond acceptors (Lipinski definition) is 6. The lowest BCUT2D eigenvalue weighted by molar-refractivity contribution is -0.123. The predicted molar refractivity (Wildman–Crippen MR) is 124 cm³/mol. The van der Waals surface area contributed by atoms with Crippen LogP contribution in [0.3, 0.4) is 0 Å². The number of aromatic nitrogens is 2. The first-order valence-corrected chi connectivity index (χ1v) is 11.5. The summed E-state index contributed by atoms with van der Waals surface area (Å²) in [5, 5.41) is 3.24. The molecule has 0 spiro atoms. The van der Waals surface area contributed by atoms with Gasteiger partial charge >= 0.3 is 0 Å². The predicted octanol–water partition coefficient (Wildman–Crippen LogP) is 2.39. The van der Waals surface area contributed by atoms with Crippen molar-refractivity contribution >= 4 is 11.7 Å². The molecule has 1 saturated heterocycles. The zero-order valence-corrected chi connectivity index (χ0v) is 19.0. The van der Waals surface area contributed by atoms with Crippen molar-refractivity contribution in [3.05, 3.63) is 42.5 Å². The van der Waals surface area contributed by atoms with E-state index in [0.717, 1.165) is 68.9 Å². The summed E-state index contributed by atoms with van der Waals surface area (Å²) in [7, 11) is 4.27. The molecule has 4 rings (SSSR count). The van der Waals surface area contributed by atoms with Gasteiger partial charge in [-0.1, -0.05) is 0 Å². The van der Waals surface area contributed by atoms with Crippen LogP contribution in [0.15, 0.2) is 36.7 Å². The van der Waals surface area contributed by atoms with E-state index in [2.05, 4.69) is 39.1 Å². The van der Waals surface area contributed by atoms with E-state index in [4.69, 9.17) is 4.98 Å². The molecule has 1 aliphatic heterocycles. The molecule has 1 amide bonds. The lowest BCUT2D eigenvalue weighted by Gasteiger charge is -2.36. The van der Waals surface area contributed by atoms with E-state index in [-0.39, 0.29) is 11.7 Å². The first kappa shape index (κ1) is 22.6. The molecule has 0 unspecified atom stereocenters. The number of amides is 1. The van der Waals surface area contributed by atoms with Crippen LogP contribution in [0.4, 0.5) is 10.2 Å². The Labute approximate surface area is 189 Å². The molecule has 2 heterocycles. The minimum Gasteiger partial charge on any atom is -0.353 e. The van der Waals surface area contributed by atoms with Gasteiger partial charge in [0.15, 0.2) is 0 Å². The van der Waals surface area contributed by atoms with Crippen LogP contribution < -0.4 is 10.2 Å². The van der Waals surface area contributed by atoms with Crippen molar-refractivity contribution in [2.45, 2.75) is 37.8 Å². The molecule has 1 saturated carbocycles. The molecule has 2 aliphatic rings. The van der Waals surface area contributed by atoms with Crippen molar-refractivity contribution in [2.24, 2.45) is 0 Å². The molecular weight excluding hydrogens is 407 g/mol. The Kier molecular flexibility index (Phi) is 7.32. The van der Waals surface area contributed by atoms with Gasteiger partial charge in [-0.15, -0.1) is 0 Å². The summed E-state index contributed by atoms with van der Waals surface area (Å²) in [6.07, 6.45) is 7.88. The van der Waals surface area contributed by atoms with E-state index in [9.17, 15) is 9.18 Å². The summed E-state index contributed by atoms with van der Waals surface area (Å²) in [5.74, 6) is 0.678. The van der Waals surface area contributed by atoms with Crippen molar-refractivity contribution < 1.29 is 9.18 Å². The van der Waals surface area contributed by atoms with Gasteiger partial charge in [-0.25, -0.2) is 9.37 Å². The first-order valence-electron chi connectivity index (χ1n) is 11.5. The zero-order valence-electron chi connectivity index (χ0n) is 19.0. The molecular formula is C24H33FN6O. The van der Waals surface area contributed by atoms with Crippen LogP contribution in [-0.4, -0.2) is 84.6 Å². The maximum atomic E-state index is 13.2. The molecule has 7 nitrogen and oxygen atoms in total. The SMILES string of the molecule is CN(C)C1CCC(NC(=O)CN2CCN(c3cncc(-c4ccc(F)cc4)n3)CC2)CC1. The van der Waals surface area contributed by atoms with Crippen LogP contribution in [0, 0.1) is 5.82 Å². The quantitative estimate of drug-likeness (QED) is 0.744. The molecule has 8 heteroatoms. The fraction of sp³-hybridized carbons (Fsp3) is 0.542. The summed E-state index contributed by atoms with van der Waals surface area (Å²) in [6.45, 7) is 3.65. The second-order valence-corrected chi connectivity index (χ2v) is 9.07. The molecule has 0 atom stereocenters. The fourth-order valence-corrected chi connectivity index (χ4v) is 4.62. The van der Waals surface area contributed by atoms with Crippen LogP contribution in [-0.2, 0) is 4.79 Å². The number of piperazine rings is 1. The largest absolute Gasteiger partial charge is 0.353 e. The van der Waals surface area contributed by atoms with E-state index in [1.807, 2.05) is 0 Å². The molecule has 32 heavy (non-hydrogen) atoms. The minimum absolute atomic E-state index is 0.129. The smallest absolute Gasteiger partial charge is 0.234 e. The number of halogens is 1. The van der Waals surface area contributed by atoms with Crippen LogP contribution in [0.5, 0.6) is 0 Å². The first-order chi connectivity index (χ1) is 15.5. The number of carbonyl (C=O) groups excluding carboxylic acids is 1. The van der Waals surface area contributed by atoms with Crippen molar-refractivity contribution in [3.63, 3.8) is 0 Å². The van der Waals surface area contributed by atoms with Gasteiger partial charge in [-0.2, -0.15) is 0 Å². The zero-order chi connectivity index (χ0) is 22.5. The summed E-state index contributed by atoms with van der Waals surface area (Å²) >= 11 is 0. The van der Waals surface area contributed by atoms with Gasteiger partial charge in [0, 0.05) is 43.8 Å². The molecule has 172 valence electrons. The lowest BCUT2D eigenvalue weighted by atomic mass is 9.90. The van der Waals surface area contributed by atoms with E-state index < -0.39 is 0 Å². The summed E-state index contributed by atoms with van der Waals surface area (Å²) in [4.78, 5) is 28.3. The Hall–Kier alpha value is -2.58. The van der Waals surface area contributed by atoms with E-state index in [0.29, 0.717) is 18.6 Å². The second-order valence-electron chi connectivity index (χ2n) is 9.07. The second kappa shape index (κ2) is 10.4. The maximum Gasteiger partial charge on any atom is 0.234 e. The number of anilines is 1. The molecule has 2 aromatic rings. The highest BCUT2D eigenvalue weighted by molar-refractivity contribution is 5.78. The van der Waals surface area contributed by atoms with Crippen molar-refractivity contribution in [2.75, 3.05) is 51.7 Å². The van der Waals surface area contributed by atoms with Crippen LogP contribution >= 0.6 is 0 Å². The van der Waals surface area contributed by atoms with Crippen molar-refractivity contribution in [3.8, 4) is 11.3 Å². The highest BCUT2D eigenvalue weighted by Crippen LogP contribution is 2.22. The van der Waals surface area contributed by atoms with Crippen LogP contribution in [0.2, 0.25) is 0 Å². The summed E-state index contributed by atoms with van der Waals surface area (Å²) in [6, 6.07) is 7.24. The third kappa shape index (κ3) is 5.81. The molecule has 1 aliphatic carbocycles. The van der Waals surface area contributed by atoms with Crippen LogP contribution in [0.25, 0.3) is 11.3 Å². The molecule has 1 aromatic heterocycles.